The molecule has 1 aliphatic rings. The van der Waals surface area contributed by atoms with Crippen LogP contribution in [-0.2, 0) is 20.9 Å². The van der Waals surface area contributed by atoms with Crippen molar-refractivity contribution in [3.8, 4) is 0 Å². The summed E-state index contributed by atoms with van der Waals surface area (Å²) in [7, 11) is 0. The number of hydrogen-bond donors (Lipinski definition) is 3. The molecular weight excluding hydrogens is 370 g/mol. The molecule has 0 aromatic heterocycles. The minimum absolute atomic E-state index is 0.114. The number of rotatable bonds is 8. The van der Waals surface area contributed by atoms with Gasteiger partial charge in [0.15, 0.2) is 0 Å². The summed E-state index contributed by atoms with van der Waals surface area (Å²) in [6.07, 6.45) is 3.54. The molecule has 1 saturated carbocycles. The maximum absolute atomic E-state index is 12.2. The molecule has 0 atom stereocenters. The van der Waals surface area contributed by atoms with E-state index in [9.17, 15) is 14.4 Å². The van der Waals surface area contributed by atoms with Gasteiger partial charge in [-0.15, -0.1) is 0 Å². The van der Waals surface area contributed by atoms with Crippen LogP contribution in [0.1, 0.15) is 52.5 Å². The zero-order valence-corrected chi connectivity index (χ0v) is 17.6. The number of amides is 3. The van der Waals surface area contributed by atoms with Gasteiger partial charge in [-0.05, 0) is 58.1 Å². The number of carbonyl (C=O) groups excluding carboxylic acids is 3. The van der Waals surface area contributed by atoms with Gasteiger partial charge >= 0.3 is 6.09 Å². The van der Waals surface area contributed by atoms with E-state index in [0.717, 1.165) is 24.0 Å². The maximum Gasteiger partial charge on any atom is 0.407 e. The van der Waals surface area contributed by atoms with E-state index in [0.29, 0.717) is 18.2 Å². The van der Waals surface area contributed by atoms with Crippen molar-refractivity contribution in [2.75, 3.05) is 11.9 Å². The molecule has 158 valence electrons. The average Bonchev–Trinajstić information content (AvgIpc) is 3.44. The molecule has 7 nitrogen and oxygen atoms in total. The highest BCUT2D eigenvalue weighted by molar-refractivity contribution is 5.92. The van der Waals surface area contributed by atoms with Crippen molar-refractivity contribution in [1.82, 2.24) is 10.6 Å². The third-order valence-corrected chi connectivity index (χ3v) is 4.34. The second-order valence-corrected chi connectivity index (χ2v) is 8.26. The summed E-state index contributed by atoms with van der Waals surface area (Å²) in [5.41, 5.74) is 1.98. The maximum atomic E-state index is 12.2. The summed E-state index contributed by atoms with van der Waals surface area (Å²) in [5.74, 6) is 0.197. The van der Waals surface area contributed by atoms with Crippen LogP contribution >= 0.6 is 0 Å². The van der Waals surface area contributed by atoms with Gasteiger partial charge in [0.1, 0.15) is 5.60 Å². The third-order valence-electron chi connectivity index (χ3n) is 4.34. The molecule has 29 heavy (non-hydrogen) atoms. The molecule has 1 aromatic rings. The highest BCUT2D eigenvalue weighted by atomic mass is 16.6. The van der Waals surface area contributed by atoms with E-state index in [4.69, 9.17) is 4.74 Å². The lowest BCUT2D eigenvalue weighted by Gasteiger charge is -2.19. The average molecular weight is 402 g/mol. The molecule has 3 N–H and O–H groups in total. The minimum atomic E-state index is -0.581. The number of alkyl carbamates (subject to hydrolysis) is 1. The first kappa shape index (κ1) is 22.5. The largest absolute Gasteiger partial charge is 0.444 e. The Hall–Kier alpha value is -2.83. The molecule has 0 radical (unpaired) electrons. The van der Waals surface area contributed by atoms with Gasteiger partial charge in [0.2, 0.25) is 11.8 Å². The fraction of sp³-hybridized carbons (Fsp3) is 0.500. The number of para-hydroxylation sites is 1. The van der Waals surface area contributed by atoms with Crippen molar-refractivity contribution >= 4 is 23.6 Å². The lowest BCUT2D eigenvalue weighted by Crippen LogP contribution is -2.34. The molecule has 7 heteroatoms. The number of benzene rings is 1. The van der Waals surface area contributed by atoms with Crippen molar-refractivity contribution in [1.29, 1.82) is 0 Å². The normalized spacial score (nSPS) is 14.1. The SMILES string of the molecule is C/C(=C\C(=O)NCc1ccccc1NC(=O)CCNC(=O)OC(C)(C)C)C1CC1. The summed E-state index contributed by atoms with van der Waals surface area (Å²) in [6, 6.07) is 7.31. The molecule has 0 heterocycles. The predicted molar refractivity (Wildman–Crippen MR) is 112 cm³/mol. The minimum Gasteiger partial charge on any atom is -0.444 e. The van der Waals surface area contributed by atoms with Crippen LogP contribution in [0.4, 0.5) is 10.5 Å². The number of carbonyl (C=O) groups is 3. The monoisotopic (exact) mass is 401 g/mol. The first-order chi connectivity index (χ1) is 13.6. The molecule has 1 aromatic carbocycles. The molecule has 0 unspecified atom stereocenters. The van der Waals surface area contributed by atoms with Gasteiger partial charge in [0.25, 0.3) is 0 Å². The summed E-state index contributed by atoms with van der Waals surface area (Å²) in [4.78, 5) is 35.9. The van der Waals surface area contributed by atoms with Crippen LogP contribution in [0.2, 0.25) is 0 Å². The Morgan fingerprint density at radius 3 is 2.48 bits per heavy atom. The van der Waals surface area contributed by atoms with E-state index in [2.05, 4.69) is 16.0 Å². The van der Waals surface area contributed by atoms with Gasteiger partial charge < -0.3 is 20.7 Å². The first-order valence-electron chi connectivity index (χ1n) is 9.94. The van der Waals surface area contributed by atoms with Gasteiger partial charge in [-0.1, -0.05) is 23.8 Å². The molecule has 0 bridgehead atoms. The van der Waals surface area contributed by atoms with Crippen LogP contribution in [0.3, 0.4) is 0 Å². The molecule has 0 spiro atoms. The Bertz CT molecular complexity index is 777. The highest BCUT2D eigenvalue weighted by Gasteiger charge is 2.23. The van der Waals surface area contributed by atoms with Gasteiger partial charge in [-0.2, -0.15) is 0 Å². The molecule has 1 aliphatic carbocycles. The third kappa shape index (κ3) is 8.81. The van der Waals surface area contributed by atoms with E-state index in [-0.39, 0.29) is 24.8 Å². The zero-order valence-electron chi connectivity index (χ0n) is 17.6. The molecule has 2 rings (SSSR count). The molecule has 1 fully saturated rings. The smallest absolute Gasteiger partial charge is 0.407 e. The fourth-order valence-corrected chi connectivity index (χ4v) is 2.70. The second-order valence-electron chi connectivity index (χ2n) is 8.26. The van der Waals surface area contributed by atoms with Crippen molar-refractivity contribution in [2.45, 2.75) is 59.1 Å². The first-order valence-corrected chi connectivity index (χ1v) is 9.94. The van der Waals surface area contributed by atoms with Crippen LogP contribution < -0.4 is 16.0 Å². The molecule has 3 amide bonds. The topological polar surface area (TPSA) is 96.5 Å². The number of allylic oxidation sites excluding steroid dienone is 1. The van der Waals surface area contributed by atoms with E-state index < -0.39 is 11.7 Å². The number of hydrogen-bond acceptors (Lipinski definition) is 4. The Kier molecular flexibility index (Phi) is 7.82. The van der Waals surface area contributed by atoms with E-state index >= 15 is 0 Å². The van der Waals surface area contributed by atoms with Gasteiger partial charge in [-0.25, -0.2) is 4.79 Å². The summed E-state index contributed by atoms with van der Waals surface area (Å²) in [5, 5.41) is 8.25. The van der Waals surface area contributed by atoms with Crippen LogP contribution in [0, 0.1) is 5.92 Å². The van der Waals surface area contributed by atoms with Gasteiger partial charge in [0.05, 0.1) is 0 Å². The Morgan fingerprint density at radius 2 is 1.83 bits per heavy atom. The van der Waals surface area contributed by atoms with Crippen molar-refractivity contribution < 1.29 is 19.1 Å². The lowest BCUT2D eigenvalue weighted by atomic mass is 10.1. The quantitative estimate of drug-likeness (QED) is 0.581. The van der Waals surface area contributed by atoms with Crippen molar-refractivity contribution in [3.63, 3.8) is 0 Å². The number of anilines is 1. The highest BCUT2D eigenvalue weighted by Crippen LogP contribution is 2.35. The number of ether oxygens (including phenoxy) is 1. The van der Waals surface area contributed by atoms with Gasteiger partial charge in [0, 0.05) is 31.3 Å². The van der Waals surface area contributed by atoms with E-state index in [1.165, 1.54) is 0 Å². The van der Waals surface area contributed by atoms with Crippen molar-refractivity contribution in [2.24, 2.45) is 5.92 Å². The summed E-state index contributed by atoms with van der Waals surface area (Å²) < 4.78 is 5.13. The number of nitrogens with one attached hydrogen (secondary N) is 3. The van der Waals surface area contributed by atoms with Crippen LogP contribution in [-0.4, -0.2) is 30.1 Å². The molecule has 0 aliphatic heterocycles. The van der Waals surface area contributed by atoms with E-state index in [1.807, 2.05) is 25.1 Å². The van der Waals surface area contributed by atoms with Crippen LogP contribution in [0.15, 0.2) is 35.9 Å². The summed E-state index contributed by atoms with van der Waals surface area (Å²) >= 11 is 0. The van der Waals surface area contributed by atoms with Crippen LogP contribution in [0.25, 0.3) is 0 Å². The molecular formula is C22H31N3O4. The Labute approximate surface area is 172 Å². The van der Waals surface area contributed by atoms with E-state index in [1.54, 1.807) is 32.9 Å². The molecule has 0 saturated heterocycles. The lowest BCUT2D eigenvalue weighted by molar-refractivity contribution is -0.117. The standard InChI is InChI=1S/C22H31N3O4/c1-15(16-9-10-16)13-20(27)24-14-17-7-5-6-8-18(17)25-19(26)11-12-23-21(28)29-22(2,3)4/h5-8,13,16H,9-12,14H2,1-4H3,(H,23,28)(H,24,27)(H,25,26)/b15-13+. The van der Waals surface area contributed by atoms with Crippen molar-refractivity contribution in [3.05, 3.63) is 41.5 Å². The fourth-order valence-electron chi connectivity index (χ4n) is 2.70. The second kappa shape index (κ2) is 10.1. The predicted octanol–water partition coefficient (Wildman–Crippen LogP) is 3.51. The summed E-state index contributed by atoms with van der Waals surface area (Å²) in [6.45, 7) is 7.80. The Balaban J connectivity index is 1.80. The van der Waals surface area contributed by atoms with Gasteiger partial charge in [-0.3, -0.25) is 9.59 Å². The van der Waals surface area contributed by atoms with Crippen LogP contribution in [0.5, 0.6) is 0 Å². The Morgan fingerprint density at radius 1 is 1.14 bits per heavy atom. The zero-order chi connectivity index (χ0) is 21.4.